The molecule has 1 fully saturated rings. The Morgan fingerprint density at radius 3 is 2.40 bits per heavy atom. The Balaban J connectivity index is 2.35. The van der Waals surface area contributed by atoms with E-state index in [1.165, 1.54) is 12.0 Å². The molecule has 1 aromatic rings. The summed E-state index contributed by atoms with van der Waals surface area (Å²) in [5.74, 6) is 0.155. The number of nitrogens with two attached hydrogens (primary N) is 1. The van der Waals surface area contributed by atoms with Gasteiger partial charge in [0, 0.05) is 24.2 Å². The average Bonchev–Trinajstić information content (AvgIpc) is 2.37. The van der Waals surface area contributed by atoms with Gasteiger partial charge >= 0.3 is 0 Å². The monoisotopic (exact) mass is 274 g/mol. The molecule has 2 N–H and O–H groups in total. The van der Waals surface area contributed by atoms with Gasteiger partial charge in [-0.25, -0.2) is 0 Å². The number of rotatable bonds is 2. The van der Waals surface area contributed by atoms with E-state index in [1.54, 1.807) is 0 Å². The van der Waals surface area contributed by atoms with E-state index in [9.17, 15) is 4.79 Å². The van der Waals surface area contributed by atoms with Crippen molar-refractivity contribution in [1.82, 2.24) is 4.90 Å². The van der Waals surface area contributed by atoms with Crippen LogP contribution in [0.5, 0.6) is 0 Å². The van der Waals surface area contributed by atoms with E-state index in [0.29, 0.717) is 0 Å². The van der Waals surface area contributed by atoms with E-state index in [2.05, 4.69) is 19.1 Å². The predicted molar refractivity (Wildman–Crippen MR) is 83.0 cm³/mol. The molecule has 0 bridgehead atoms. The number of hydrogen-bond acceptors (Lipinski definition) is 2. The van der Waals surface area contributed by atoms with Gasteiger partial charge in [0.1, 0.15) is 0 Å². The molecule has 0 saturated carbocycles. The fourth-order valence-corrected chi connectivity index (χ4v) is 3.42. The minimum Gasteiger partial charge on any atom is -0.334 e. The normalized spacial score (nSPS) is 20.9. The lowest BCUT2D eigenvalue weighted by Gasteiger charge is -2.38. The Kier molecular flexibility index (Phi) is 4.48. The molecule has 20 heavy (non-hydrogen) atoms. The predicted octanol–water partition coefficient (Wildman–Crippen LogP) is 2.95. The Morgan fingerprint density at radius 2 is 1.85 bits per heavy atom. The molecule has 0 radical (unpaired) electrons. The quantitative estimate of drug-likeness (QED) is 0.901. The zero-order valence-electron chi connectivity index (χ0n) is 13.1. The van der Waals surface area contributed by atoms with Crippen LogP contribution in [0.4, 0.5) is 0 Å². The van der Waals surface area contributed by atoms with Gasteiger partial charge in [0.25, 0.3) is 5.91 Å². The Hall–Kier alpha value is -1.35. The lowest BCUT2D eigenvalue weighted by molar-refractivity contribution is 0.0582. The molecule has 2 atom stereocenters. The molecule has 1 aliphatic heterocycles. The first-order valence-electron chi connectivity index (χ1n) is 7.56. The third kappa shape index (κ3) is 2.88. The third-order valence-corrected chi connectivity index (χ3v) is 4.31. The van der Waals surface area contributed by atoms with Gasteiger partial charge in [-0.2, -0.15) is 0 Å². The van der Waals surface area contributed by atoms with Crippen LogP contribution in [0.1, 0.15) is 53.2 Å². The standard InChI is InChI=1S/C17H26N2O/c1-11-9-12(2)16(13(3)10-11)17(20)19-8-6-5-7-15(19)14(4)18/h9-10,14-15H,5-8,18H2,1-4H3. The summed E-state index contributed by atoms with van der Waals surface area (Å²) < 4.78 is 0. The van der Waals surface area contributed by atoms with Gasteiger partial charge in [-0.05, 0) is 58.1 Å². The van der Waals surface area contributed by atoms with Crippen LogP contribution in [-0.2, 0) is 0 Å². The highest BCUT2D eigenvalue weighted by atomic mass is 16.2. The fourth-order valence-electron chi connectivity index (χ4n) is 3.42. The minimum absolute atomic E-state index is 0.0327. The molecule has 1 aromatic carbocycles. The van der Waals surface area contributed by atoms with Crippen LogP contribution in [0.2, 0.25) is 0 Å². The van der Waals surface area contributed by atoms with Gasteiger partial charge in [0.15, 0.2) is 0 Å². The second-order valence-electron chi connectivity index (χ2n) is 6.19. The summed E-state index contributed by atoms with van der Waals surface area (Å²) in [5, 5.41) is 0. The van der Waals surface area contributed by atoms with Crippen molar-refractivity contribution < 1.29 is 4.79 Å². The van der Waals surface area contributed by atoms with E-state index in [0.717, 1.165) is 36.1 Å². The Morgan fingerprint density at radius 1 is 1.25 bits per heavy atom. The number of carbonyl (C=O) groups is 1. The van der Waals surface area contributed by atoms with Gasteiger partial charge in [0.05, 0.1) is 0 Å². The third-order valence-electron chi connectivity index (χ3n) is 4.31. The number of aryl methyl sites for hydroxylation is 3. The molecule has 1 amide bonds. The van der Waals surface area contributed by atoms with Crippen molar-refractivity contribution in [1.29, 1.82) is 0 Å². The highest BCUT2D eigenvalue weighted by molar-refractivity contribution is 5.97. The highest BCUT2D eigenvalue weighted by Crippen LogP contribution is 2.25. The molecular formula is C17H26N2O. The first-order chi connectivity index (χ1) is 9.41. The maximum absolute atomic E-state index is 12.9. The summed E-state index contributed by atoms with van der Waals surface area (Å²) >= 11 is 0. The van der Waals surface area contributed by atoms with Crippen molar-refractivity contribution >= 4 is 5.91 Å². The molecule has 110 valence electrons. The maximum Gasteiger partial charge on any atom is 0.254 e. The fraction of sp³-hybridized carbons (Fsp3) is 0.588. The zero-order chi connectivity index (χ0) is 14.9. The van der Waals surface area contributed by atoms with Gasteiger partial charge in [-0.1, -0.05) is 17.7 Å². The maximum atomic E-state index is 12.9. The summed E-state index contributed by atoms with van der Waals surface area (Å²) in [4.78, 5) is 14.9. The van der Waals surface area contributed by atoms with Gasteiger partial charge in [-0.15, -0.1) is 0 Å². The van der Waals surface area contributed by atoms with E-state index < -0.39 is 0 Å². The summed E-state index contributed by atoms with van der Waals surface area (Å²) in [6.07, 6.45) is 3.27. The average molecular weight is 274 g/mol. The summed E-state index contributed by atoms with van der Waals surface area (Å²) in [6.45, 7) is 8.96. The van der Waals surface area contributed by atoms with E-state index in [4.69, 9.17) is 5.73 Å². The molecule has 2 rings (SSSR count). The summed E-state index contributed by atoms with van der Waals surface area (Å²) in [5.41, 5.74) is 10.3. The second-order valence-corrected chi connectivity index (χ2v) is 6.19. The molecule has 3 nitrogen and oxygen atoms in total. The first-order valence-corrected chi connectivity index (χ1v) is 7.56. The molecule has 1 saturated heterocycles. The molecule has 1 heterocycles. The topological polar surface area (TPSA) is 46.3 Å². The van der Waals surface area contributed by atoms with Gasteiger partial charge < -0.3 is 10.6 Å². The lowest BCUT2D eigenvalue weighted by Crippen LogP contribution is -2.51. The van der Waals surface area contributed by atoms with Crippen molar-refractivity contribution in [2.75, 3.05) is 6.54 Å². The van der Waals surface area contributed by atoms with Crippen LogP contribution in [0.3, 0.4) is 0 Å². The first kappa shape index (κ1) is 15.0. The summed E-state index contributed by atoms with van der Waals surface area (Å²) in [6, 6.07) is 4.39. The van der Waals surface area contributed by atoms with Crippen molar-refractivity contribution in [3.8, 4) is 0 Å². The molecule has 2 unspecified atom stereocenters. The van der Waals surface area contributed by atoms with Crippen LogP contribution in [0, 0.1) is 20.8 Å². The largest absolute Gasteiger partial charge is 0.334 e. The highest BCUT2D eigenvalue weighted by Gasteiger charge is 2.31. The number of piperidine rings is 1. The Labute approximate surface area is 122 Å². The van der Waals surface area contributed by atoms with Crippen LogP contribution in [0.15, 0.2) is 12.1 Å². The van der Waals surface area contributed by atoms with Crippen LogP contribution >= 0.6 is 0 Å². The van der Waals surface area contributed by atoms with Crippen molar-refractivity contribution in [2.45, 2.75) is 59.0 Å². The second kappa shape index (κ2) is 5.96. The lowest BCUT2D eigenvalue weighted by atomic mass is 9.93. The van der Waals surface area contributed by atoms with E-state index >= 15 is 0 Å². The minimum atomic E-state index is 0.0327. The van der Waals surface area contributed by atoms with Gasteiger partial charge in [0.2, 0.25) is 0 Å². The van der Waals surface area contributed by atoms with E-state index in [1.807, 2.05) is 25.7 Å². The molecule has 0 spiro atoms. The number of hydrogen-bond donors (Lipinski definition) is 1. The smallest absolute Gasteiger partial charge is 0.254 e. The SMILES string of the molecule is Cc1cc(C)c(C(=O)N2CCCCC2C(C)N)c(C)c1. The summed E-state index contributed by atoms with van der Waals surface area (Å²) in [7, 11) is 0. The Bertz CT molecular complexity index is 485. The zero-order valence-corrected chi connectivity index (χ0v) is 13.1. The molecule has 1 aliphatic rings. The number of carbonyl (C=O) groups excluding carboxylic acids is 1. The van der Waals surface area contributed by atoms with Gasteiger partial charge in [-0.3, -0.25) is 4.79 Å². The van der Waals surface area contributed by atoms with Crippen molar-refractivity contribution in [3.63, 3.8) is 0 Å². The van der Waals surface area contributed by atoms with Crippen LogP contribution < -0.4 is 5.73 Å². The number of benzene rings is 1. The number of nitrogens with zero attached hydrogens (tertiary/aromatic N) is 1. The number of amides is 1. The van der Waals surface area contributed by atoms with Crippen LogP contribution in [0.25, 0.3) is 0 Å². The van der Waals surface area contributed by atoms with Crippen molar-refractivity contribution in [2.24, 2.45) is 5.73 Å². The molecule has 0 aromatic heterocycles. The van der Waals surface area contributed by atoms with E-state index in [-0.39, 0.29) is 18.0 Å². The molecular weight excluding hydrogens is 248 g/mol. The number of likely N-dealkylation sites (tertiary alicyclic amines) is 1. The van der Waals surface area contributed by atoms with Crippen LogP contribution in [-0.4, -0.2) is 29.4 Å². The molecule has 0 aliphatic carbocycles. The molecule has 3 heteroatoms. The van der Waals surface area contributed by atoms with Crippen molar-refractivity contribution in [3.05, 3.63) is 34.4 Å².